The number of carboxylic acids is 1. The summed E-state index contributed by atoms with van der Waals surface area (Å²) >= 11 is 0. The lowest BCUT2D eigenvalue weighted by atomic mass is 9.84. The number of carbonyl (C=O) groups excluding carboxylic acids is 3. The molecule has 162 valence electrons. The summed E-state index contributed by atoms with van der Waals surface area (Å²) in [5.74, 6) is -3.66. The Balaban J connectivity index is 0.000000339. The van der Waals surface area contributed by atoms with Gasteiger partial charge in [-0.2, -0.15) is 13.2 Å². The monoisotopic (exact) mass is 435 g/mol. The molecular formula is C20H16F3N3O5. The summed E-state index contributed by atoms with van der Waals surface area (Å²) in [4.78, 5) is 43.1. The van der Waals surface area contributed by atoms with Crippen LogP contribution >= 0.6 is 0 Å². The van der Waals surface area contributed by atoms with Gasteiger partial charge in [0, 0.05) is 17.2 Å². The van der Waals surface area contributed by atoms with Gasteiger partial charge in [0.25, 0.3) is 0 Å². The van der Waals surface area contributed by atoms with Gasteiger partial charge < -0.3 is 15.0 Å². The zero-order valence-corrected chi connectivity index (χ0v) is 15.8. The van der Waals surface area contributed by atoms with Gasteiger partial charge in [0.2, 0.25) is 11.6 Å². The Morgan fingerprint density at radius 3 is 2.39 bits per heavy atom. The number of hydrogen-bond acceptors (Lipinski definition) is 7. The second kappa shape index (κ2) is 8.54. The number of benzene rings is 1. The van der Waals surface area contributed by atoms with Crippen LogP contribution in [0.2, 0.25) is 0 Å². The molecule has 1 aliphatic carbocycles. The minimum Gasteiger partial charge on any atom is -0.542 e. The van der Waals surface area contributed by atoms with Crippen LogP contribution in [-0.4, -0.2) is 46.4 Å². The van der Waals surface area contributed by atoms with Crippen LogP contribution in [0.3, 0.4) is 0 Å². The number of rotatable bonds is 2. The summed E-state index contributed by atoms with van der Waals surface area (Å²) in [6, 6.07) is 8.09. The number of alkyl halides is 3. The smallest absolute Gasteiger partial charge is 0.430 e. The van der Waals surface area contributed by atoms with Gasteiger partial charge in [-0.15, -0.1) is 0 Å². The predicted octanol–water partition coefficient (Wildman–Crippen LogP) is 0.898. The van der Waals surface area contributed by atoms with E-state index in [1.54, 1.807) is 42.7 Å². The average molecular weight is 435 g/mol. The second-order valence-corrected chi connectivity index (χ2v) is 6.71. The first-order valence-electron chi connectivity index (χ1n) is 9.12. The Bertz CT molecular complexity index is 1050. The fourth-order valence-electron chi connectivity index (χ4n) is 3.49. The molecule has 8 nitrogen and oxygen atoms in total. The predicted molar refractivity (Wildman–Crippen MR) is 97.6 cm³/mol. The van der Waals surface area contributed by atoms with Crippen molar-refractivity contribution in [1.29, 1.82) is 0 Å². The lowest BCUT2D eigenvalue weighted by molar-refractivity contribution is -0.368. The minimum atomic E-state index is -5.19. The Kier molecular flexibility index (Phi) is 6.04. The first-order chi connectivity index (χ1) is 14.6. The van der Waals surface area contributed by atoms with Crippen molar-refractivity contribution >= 4 is 29.2 Å². The van der Waals surface area contributed by atoms with Crippen LogP contribution in [0.25, 0.3) is 5.76 Å². The van der Waals surface area contributed by atoms with Crippen molar-refractivity contribution in [2.24, 2.45) is 0 Å². The number of nitrogens with one attached hydrogen (secondary N) is 1. The number of H-pyrrole nitrogens is 1. The third-order valence-electron chi connectivity index (χ3n) is 4.81. The van der Waals surface area contributed by atoms with Gasteiger partial charge in [-0.1, -0.05) is 29.2 Å². The van der Waals surface area contributed by atoms with Crippen molar-refractivity contribution in [1.82, 2.24) is 4.98 Å². The van der Waals surface area contributed by atoms with Gasteiger partial charge in [-0.3, -0.25) is 14.5 Å². The lowest BCUT2D eigenvalue weighted by Crippen LogP contribution is -2.41. The fraction of sp³-hybridized carbons (Fsp3) is 0.250. The zero-order chi connectivity index (χ0) is 22.8. The molecule has 0 spiro atoms. The van der Waals surface area contributed by atoms with E-state index in [9.17, 15) is 27.9 Å². The van der Waals surface area contributed by atoms with E-state index in [1.807, 2.05) is 4.90 Å². The molecule has 4 rings (SSSR count). The van der Waals surface area contributed by atoms with Gasteiger partial charge in [0.15, 0.2) is 0 Å². The summed E-state index contributed by atoms with van der Waals surface area (Å²) in [5.41, 5.74) is 0.863. The maximum Gasteiger partial charge on any atom is 0.430 e. The number of nitrogens with zero attached hydrogens (tertiary/aromatic N) is 2. The molecule has 2 aliphatic rings. The molecule has 0 saturated carbocycles. The molecular weight excluding hydrogens is 419 g/mol. The fourth-order valence-corrected chi connectivity index (χ4v) is 3.49. The highest BCUT2D eigenvalue weighted by atomic mass is 19.4. The summed E-state index contributed by atoms with van der Waals surface area (Å²) in [5, 5.41) is 19.5. The van der Waals surface area contributed by atoms with Crippen molar-refractivity contribution in [2.45, 2.75) is 25.1 Å². The average Bonchev–Trinajstić information content (AvgIpc) is 3.22. The quantitative estimate of drug-likeness (QED) is 0.695. The normalized spacial score (nSPS) is 18.4. The summed E-state index contributed by atoms with van der Waals surface area (Å²) in [6.07, 6.45) is -0.229. The zero-order valence-electron chi connectivity index (χ0n) is 15.8. The number of halogens is 3. The number of ketones is 2. The van der Waals surface area contributed by atoms with E-state index in [0.29, 0.717) is 24.5 Å². The number of anilines is 1. The summed E-state index contributed by atoms with van der Waals surface area (Å²) < 4.78 is 31.5. The minimum absolute atomic E-state index is 0.0944. The molecule has 2 N–H and O–H groups in total. The van der Waals surface area contributed by atoms with Gasteiger partial charge in [0.1, 0.15) is 24.0 Å². The van der Waals surface area contributed by atoms with Crippen LogP contribution in [0.4, 0.5) is 19.1 Å². The van der Waals surface area contributed by atoms with Gasteiger partial charge in [-0.05, 0) is 12.8 Å². The van der Waals surface area contributed by atoms with E-state index in [1.165, 1.54) is 0 Å². The van der Waals surface area contributed by atoms with Crippen molar-refractivity contribution in [2.75, 3.05) is 11.4 Å². The van der Waals surface area contributed by atoms with Crippen LogP contribution in [-0.2, 0) is 9.59 Å². The van der Waals surface area contributed by atoms with Crippen LogP contribution in [0.1, 0.15) is 28.8 Å². The number of aliphatic carboxylic acids is 1. The molecule has 1 unspecified atom stereocenters. The van der Waals surface area contributed by atoms with E-state index in [2.05, 4.69) is 9.97 Å². The highest BCUT2D eigenvalue weighted by molar-refractivity contribution is 6.52. The highest BCUT2D eigenvalue weighted by Crippen LogP contribution is 2.35. The molecule has 1 saturated heterocycles. The molecule has 1 aliphatic heterocycles. The van der Waals surface area contributed by atoms with Crippen molar-refractivity contribution < 1.29 is 42.8 Å². The molecule has 2 aromatic rings. The molecule has 1 aromatic carbocycles. The molecule has 1 aromatic heterocycles. The second-order valence-electron chi connectivity index (χ2n) is 6.71. The van der Waals surface area contributed by atoms with Crippen molar-refractivity contribution in [3.8, 4) is 0 Å². The van der Waals surface area contributed by atoms with Crippen molar-refractivity contribution in [3.05, 3.63) is 59.4 Å². The van der Waals surface area contributed by atoms with E-state index in [0.717, 1.165) is 6.42 Å². The van der Waals surface area contributed by atoms with Crippen LogP contribution < -0.4 is 15.0 Å². The van der Waals surface area contributed by atoms with Gasteiger partial charge in [0.05, 0.1) is 18.3 Å². The van der Waals surface area contributed by atoms with E-state index < -0.39 is 23.7 Å². The lowest BCUT2D eigenvalue weighted by Gasteiger charge is -2.24. The molecule has 0 amide bonds. The third-order valence-corrected chi connectivity index (χ3v) is 4.81. The summed E-state index contributed by atoms with van der Waals surface area (Å²) in [7, 11) is 0. The number of aromatic amines is 1. The number of carbonyl (C=O) groups is 3. The number of fused-ring (bicyclic) bond motifs is 1. The molecule has 31 heavy (non-hydrogen) atoms. The number of carboxylic acid groups (broad SMARTS) is 1. The van der Waals surface area contributed by atoms with Crippen LogP contribution in [0.5, 0.6) is 0 Å². The third kappa shape index (κ3) is 4.39. The maximum absolute atomic E-state index is 12.6. The maximum atomic E-state index is 12.6. The Morgan fingerprint density at radius 2 is 1.81 bits per heavy atom. The van der Waals surface area contributed by atoms with E-state index in [4.69, 9.17) is 9.90 Å². The van der Waals surface area contributed by atoms with Gasteiger partial charge >= 0.3 is 12.1 Å². The Morgan fingerprint density at radius 1 is 1.16 bits per heavy atom. The first kappa shape index (κ1) is 21.9. The number of aromatic nitrogens is 2. The van der Waals surface area contributed by atoms with Crippen LogP contribution in [0.15, 0.2) is 48.3 Å². The van der Waals surface area contributed by atoms with Crippen molar-refractivity contribution in [3.63, 3.8) is 0 Å². The largest absolute Gasteiger partial charge is 0.542 e. The number of aliphatic hydroxyl groups excluding tert-OH is 1. The summed E-state index contributed by atoms with van der Waals surface area (Å²) in [6.45, 7) is 0.706. The molecule has 11 heteroatoms. The number of hydrogen-bond donors (Lipinski definition) is 1. The van der Waals surface area contributed by atoms with E-state index >= 15 is 0 Å². The van der Waals surface area contributed by atoms with E-state index in [-0.39, 0.29) is 22.9 Å². The standard InChI is InChI=1S/C18H15N3O3.C2HF3O2/c22-15-11-5-1-2-6-12(11)16(23)17(24)14(15)13-7-3-10-21(13)18-19-8-4-9-20-18;3-2(4,5)1(6)7/h1-2,4-6,8-9,13,22H,3,7,10H2;(H,6,7). The van der Waals surface area contributed by atoms with Gasteiger partial charge in [-0.25, -0.2) is 4.98 Å². The SMILES string of the molecule is O=C([O-])C(F)(F)F.O=C1C(=O)c2ccccc2C(O)=C1C1CCCN1c1nccc[nH+]1. The first-order valence-corrected chi connectivity index (χ1v) is 9.12. The molecule has 1 atom stereocenters. The molecule has 0 bridgehead atoms. The Labute approximate surface area is 173 Å². The Hall–Kier alpha value is -3.76. The molecule has 1 fully saturated rings. The number of aliphatic hydroxyl groups is 1. The van der Waals surface area contributed by atoms with Crippen LogP contribution in [0, 0.1) is 0 Å². The topological polar surface area (TPSA) is 125 Å². The molecule has 2 heterocycles. The highest BCUT2D eigenvalue weighted by Gasteiger charge is 2.44. The molecule has 0 radical (unpaired) electrons. The number of Topliss-reactive ketones (excluding diaryl/α,β-unsaturated/α-hetero) is 2.